The monoisotopic (exact) mass is 459 g/mol. The van der Waals surface area contributed by atoms with Crippen LogP contribution in [0.25, 0.3) is 0 Å². The Bertz CT molecular complexity index is 940. The predicted octanol–water partition coefficient (Wildman–Crippen LogP) is 1.66. The van der Waals surface area contributed by atoms with Crippen molar-refractivity contribution >= 4 is 32.0 Å². The van der Waals surface area contributed by atoms with Crippen molar-refractivity contribution in [1.82, 2.24) is 5.01 Å². The molecule has 27 heavy (non-hydrogen) atoms. The second-order valence-corrected chi connectivity index (χ2v) is 8.71. The summed E-state index contributed by atoms with van der Waals surface area (Å²) in [7, 11) is -4.40. The van der Waals surface area contributed by atoms with Crippen molar-refractivity contribution < 1.29 is 22.5 Å². The summed E-state index contributed by atoms with van der Waals surface area (Å²) in [6, 6.07) is 3.32. The number of allylic oxidation sites excluding steroid dienone is 2. The van der Waals surface area contributed by atoms with Crippen LogP contribution in [-0.2, 0) is 26.1 Å². The van der Waals surface area contributed by atoms with E-state index in [1.807, 2.05) is 6.92 Å². The van der Waals surface area contributed by atoms with Gasteiger partial charge in [-0.3, -0.25) is 9.56 Å². The summed E-state index contributed by atoms with van der Waals surface area (Å²) in [5.41, 5.74) is 7.70. The molecule has 1 aromatic carbocycles. The number of aryl methyl sites for hydroxylation is 2. The Kier molecular flexibility index (Phi) is 6.35. The molecule has 1 aromatic rings. The Morgan fingerprint density at radius 1 is 1.41 bits per heavy atom. The average Bonchev–Trinajstić information content (AvgIpc) is 2.49. The van der Waals surface area contributed by atoms with Crippen LogP contribution in [0.3, 0.4) is 0 Å². The number of rotatable bonds is 5. The lowest BCUT2D eigenvalue weighted by atomic mass is 10.0. The third kappa shape index (κ3) is 5.10. The predicted molar refractivity (Wildman–Crippen MR) is 104 cm³/mol. The number of hydrazine groups is 1. The molecule has 0 radical (unpaired) electrons. The molecule has 0 saturated heterocycles. The molecule has 1 heterocycles. The zero-order valence-electron chi connectivity index (χ0n) is 15.2. The zero-order chi connectivity index (χ0) is 20.5. The van der Waals surface area contributed by atoms with Crippen LogP contribution >= 0.6 is 15.9 Å². The fourth-order valence-electron chi connectivity index (χ4n) is 2.97. The van der Waals surface area contributed by atoms with Crippen LogP contribution in [0, 0.1) is 13.8 Å². The molecule has 0 fully saturated rings. The summed E-state index contributed by atoms with van der Waals surface area (Å²) >= 11 is 3.22. The van der Waals surface area contributed by atoms with E-state index in [1.165, 1.54) is 11.1 Å². The van der Waals surface area contributed by atoms with Crippen LogP contribution in [-0.4, -0.2) is 36.6 Å². The topological polar surface area (TPSA) is 136 Å². The van der Waals surface area contributed by atoms with Crippen LogP contribution in [0.15, 0.2) is 39.0 Å². The van der Waals surface area contributed by atoms with E-state index >= 15 is 0 Å². The number of benzene rings is 1. The second kappa shape index (κ2) is 8.01. The van der Waals surface area contributed by atoms with Crippen molar-refractivity contribution in [1.29, 1.82) is 0 Å². The van der Waals surface area contributed by atoms with Gasteiger partial charge in [-0.2, -0.15) is 8.42 Å². The first-order valence-corrected chi connectivity index (χ1v) is 10.3. The largest absolute Gasteiger partial charge is 0.459 e. The molecule has 1 aliphatic rings. The number of esters is 1. The van der Waals surface area contributed by atoms with Crippen molar-refractivity contribution in [3.63, 3.8) is 0 Å². The molecule has 1 atom stereocenters. The quantitative estimate of drug-likeness (QED) is 0.343. The third-order valence-corrected chi connectivity index (χ3v) is 5.76. The first kappa shape index (κ1) is 21.4. The number of halogens is 1. The first-order chi connectivity index (χ1) is 12.4. The van der Waals surface area contributed by atoms with Gasteiger partial charge in [0.15, 0.2) is 0 Å². The van der Waals surface area contributed by atoms with E-state index in [2.05, 4.69) is 15.9 Å². The Morgan fingerprint density at radius 2 is 2.04 bits per heavy atom. The minimum absolute atomic E-state index is 0.0896. The van der Waals surface area contributed by atoms with Gasteiger partial charge >= 0.3 is 5.97 Å². The minimum Gasteiger partial charge on any atom is -0.459 e. The van der Waals surface area contributed by atoms with E-state index in [-0.39, 0.29) is 17.9 Å². The zero-order valence-corrected chi connectivity index (χ0v) is 17.6. The van der Waals surface area contributed by atoms with Crippen molar-refractivity contribution in [3.05, 3.63) is 50.8 Å². The molecular formula is C17H22BrN3O5S. The Labute approximate surface area is 166 Å². The minimum atomic E-state index is -4.40. The molecule has 0 spiro atoms. The van der Waals surface area contributed by atoms with Gasteiger partial charge in [0.1, 0.15) is 16.8 Å². The van der Waals surface area contributed by atoms with Crippen LogP contribution < -0.4 is 11.6 Å². The van der Waals surface area contributed by atoms with Gasteiger partial charge in [-0.25, -0.2) is 10.6 Å². The van der Waals surface area contributed by atoms with Gasteiger partial charge < -0.3 is 10.5 Å². The van der Waals surface area contributed by atoms with Crippen molar-refractivity contribution in [2.75, 3.05) is 6.54 Å². The summed E-state index contributed by atoms with van der Waals surface area (Å²) in [6.07, 6.45) is 1.03. The maximum absolute atomic E-state index is 12.4. The third-order valence-electron chi connectivity index (χ3n) is 4.03. The van der Waals surface area contributed by atoms with Gasteiger partial charge in [0.2, 0.25) is 0 Å². The second-order valence-electron chi connectivity index (χ2n) is 6.50. The number of nitrogens with two attached hydrogens (primary N) is 2. The molecule has 0 bridgehead atoms. The van der Waals surface area contributed by atoms with Crippen LogP contribution in [0.5, 0.6) is 0 Å². The number of carbonyl (C=O) groups excluding carboxylic acids is 1. The van der Waals surface area contributed by atoms with E-state index in [4.69, 9.17) is 16.3 Å². The standard InChI is InChI=1S/C17H22BrN3O5S/c1-9-4-10(2)15(27(23,24)25)12(5-9)6-11(3)26-17(22)13-7-14(18)16(19)21(20)8-13/h4-5,7,11H,6,8,19-20H2,1-3H3,(H,23,24,25). The number of hydrogen-bond acceptors (Lipinski definition) is 7. The normalized spacial score (nSPS) is 16.2. The molecule has 0 aromatic heterocycles. The van der Waals surface area contributed by atoms with Crippen molar-refractivity contribution in [2.24, 2.45) is 11.6 Å². The number of ether oxygens (including phenoxy) is 1. The molecule has 0 saturated carbocycles. The molecule has 1 aliphatic heterocycles. The molecule has 0 aliphatic carbocycles. The van der Waals surface area contributed by atoms with E-state index < -0.39 is 22.2 Å². The van der Waals surface area contributed by atoms with Crippen LogP contribution in [0.1, 0.15) is 23.6 Å². The summed E-state index contributed by atoms with van der Waals surface area (Å²) in [5, 5.41) is 1.21. The van der Waals surface area contributed by atoms with E-state index in [0.29, 0.717) is 27.0 Å². The summed E-state index contributed by atoms with van der Waals surface area (Å²) in [5.74, 6) is 5.45. The molecule has 10 heteroatoms. The summed E-state index contributed by atoms with van der Waals surface area (Å²) in [4.78, 5) is 12.2. The van der Waals surface area contributed by atoms with Crippen LogP contribution in [0.2, 0.25) is 0 Å². The molecule has 8 nitrogen and oxygen atoms in total. The fourth-order valence-corrected chi connectivity index (χ4v) is 4.42. The lowest BCUT2D eigenvalue weighted by molar-refractivity contribution is -0.143. The lowest BCUT2D eigenvalue weighted by Crippen LogP contribution is -2.40. The smallest absolute Gasteiger partial charge is 0.336 e. The highest BCUT2D eigenvalue weighted by Gasteiger charge is 2.25. The fraction of sp³-hybridized carbons (Fsp3) is 0.353. The Hall–Kier alpha value is -1.88. The molecular weight excluding hydrogens is 438 g/mol. The first-order valence-electron chi connectivity index (χ1n) is 8.06. The highest BCUT2D eigenvalue weighted by molar-refractivity contribution is 9.11. The van der Waals surface area contributed by atoms with Gasteiger partial charge in [-0.1, -0.05) is 17.7 Å². The Morgan fingerprint density at radius 3 is 2.59 bits per heavy atom. The maximum Gasteiger partial charge on any atom is 0.336 e. The molecule has 0 amide bonds. The summed E-state index contributed by atoms with van der Waals surface area (Å²) in [6.45, 7) is 5.16. The number of carbonyl (C=O) groups is 1. The SMILES string of the molecule is Cc1cc(C)c(S(=O)(=O)O)c(CC(C)OC(=O)C2=CC(Br)=C(N)N(N)C2)c1. The van der Waals surface area contributed by atoms with Gasteiger partial charge in [0.05, 0.1) is 16.6 Å². The highest BCUT2D eigenvalue weighted by atomic mass is 79.9. The van der Waals surface area contributed by atoms with Crippen molar-refractivity contribution in [2.45, 2.75) is 38.2 Å². The van der Waals surface area contributed by atoms with Crippen LogP contribution in [0.4, 0.5) is 0 Å². The highest BCUT2D eigenvalue weighted by Crippen LogP contribution is 2.25. The average molecular weight is 460 g/mol. The van der Waals surface area contributed by atoms with Gasteiger partial charge in [-0.15, -0.1) is 0 Å². The molecule has 1 unspecified atom stereocenters. The number of nitrogens with zero attached hydrogens (tertiary/aromatic N) is 1. The molecule has 5 N–H and O–H groups in total. The van der Waals surface area contributed by atoms with Gasteiger partial charge in [-0.05, 0) is 53.9 Å². The Balaban J connectivity index is 2.21. The van der Waals surface area contributed by atoms with Gasteiger partial charge in [0, 0.05) is 6.42 Å². The van der Waals surface area contributed by atoms with E-state index in [9.17, 15) is 17.8 Å². The van der Waals surface area contributed by atoms with Gasteiger partial charge in [0.25, 0.3) is 10.1 Å². The lowest BCUT2D eigenvalue weighted by Gasteiger charge is -2.25. The molecule has 2 rings (SSSR count). The molecule has 148 valence electrons. The van der Waals surface area contributed by atoms with Crippen molar-refractivity contribution in [3.8, 4) is 0 Å². The summed E-state index contributed by atoms with van der Waals surface area (Å²) < 4.78 is 38.9. The number of hydrogen-bond donors (Lipinski definition) is 3. The van der Waals surface area contributed by atoms with E-state index in [1.54, 1.807) is 26.0 Å². The van der Waals surface area contributed by atoms with E-state index in [0.717, 1.165) is 5.56 Å². The maximum atomic E-state index is 12.4.